The highest BCUT2D eigenvalue weighted by Crippen LogP contribution is 2.39. The summed E-state index contributed by atoms with van der Waals surface area (Å²) in [6, 6.07) is 12.0. The van der Waals surface area contributed by atoms with Gasteiger partial charge in [0.1, 0.15) is 5.75 Å². The Hall–Kier alpha value is -2.42. The molecule has 0 aliphatic heterocycles. The average Bonchev–Trinajstić information content (AvgIpc) is 2.60. The molecule has 0 saturated heterocycles. The number of phenols is 1. The molecule has 3 heteroatoms. The molecule has 0 bridgehead atoms. The van der Waals surface area contributed by atoms with E-state index < -0.39 is 0 Å². The van der Waals surface area contributed by atoms with E-state index in [1.807, 2.05) is 6.07 Å². The molecular formula is C20H24N2O. The van der Waals surface area contributed by atoms with E-state index in [9.17, 15) is 5.11 Å². The highest BCUT2D eigenvalue weighted by Gasteiger charge is 2.20. The van der Waals surface area contributed by atoms with Gasteiger partial charge in [-0.3, -0.25) is 0 Å². The van der Waals surface area contributed by atoms with Gasteiger partial charge in [-0.25, -0.2) is 0 Å². The number of phenolic OH excluding ortho intramolecular Hbond substituents is 1. The van der Waals surface area contributed by atoms with Gasteiger partial charge in [-0.1, -0.05) is 30.3 Å². The van der Waals surface area contributed by atoms with Crippen molar-refractivity contribution in [3.8, 4) is 16.9 Å². The van der Waals surface area contributed by atoms with E-state index in [1.54, 1.807) is 6.07 Å². The van der Waals surface area contributed by atoms with E-state index >= 15 is 0 Å². The minimum absolute atomic E-state index is 0.0295. The SMILES string of the molecule is C=CC1CCC(c2ccc(-c3ccc(O)c(N)c3N)cc2)CC1. The Bertz CT molecular complexity index is 698. The smallest absolute Gasteiger partial charge is 0.140 e. The second kappa shape index (κ2) is 6.37. The van der Waals surface area contributed by atoms with Crippen LogP contribution in [0.3, 0.4) is 0 Å². The van der Waals surface area contributed by atoms with E-state index in [4.69, 9.17) is 11.5 Å². The zero-order chi connectivity index (χ0) is 16.4. The second-order valence-corrected chi connectivity index (χ2v) is 6.43. The highest BCUT2D eigenvalue weighted by atomic mass is 16.3. The summed E-state index contributed by atoms with van der Waals surface area (Å²) in [5, 5.41) is 9.62. The summed E-state index contributed by atoms with van der Waals surface area (Å²) in [5.74, 6) is 1.36. The third kappa shape index (κ3) is 3.04. The van der Waals surface area contributed by atoms with E-state index in [1.165, 1.54) is 31.2 Å². The minimum Gasteiger partial charge on any atom is -0.506 e. The Morgan fingerprint density at radius 2 is 1.57 bits per heavy atom. The fourth-order valence-electron chi connectivity index (χ4n) is 3.50. The number of anilines is 2. The summed E-state index contributed by atoms with van der Waals surface area (Å²) in [4.78, 5) is 0. The Labute approximate surface area is 137 Å². The first-order valence-electron chi connectivity index (χ1n) is 8.20. The van der Waals surface area contributed by atoms with Crippen molar-refractivity contribution in [3.05, 3.63) is 54.6 Å². The maximum atomic E-state index is 9.62. The average molecular weight is 308 g/mol. The molecule has 23 heavy (non-hydrogen) atoms. The van der Waals surface area contributed by atoms with Crippen molar-refractivity contribution in [2.24, 2.45) is 5.92 Å². The monoisotopic (exact) mass is 308 g/mol. The van der Waals surface area contributed by atoms with Gasteiger partial charge in [0, 0.05) is 5.56 Å². The normalized spacial score (nSPS) is 21.0. The largest absolute Gasteiger partial charge is 0.506 e. The van der Waals surface area contributed by atoms with Gasteiger partial charge in [-0.05, 0) is 60.8 Å². The zero-order valence-electron chi connectivity index (χ0n) is 13.3. The third-order valence-corrected chi connectivity index (χ3v) is 5.06. The summed E-state index contributed by atoms with van der Waals surface area (Å²) in [6.45, 7) is 3.91. The first-order chi connectivity index (χ1) is 11.1. The molecule has 0 unspecified atom stereocenters. The number of nitrogens with two attached hydrogens (primary N) is 2. The summed E-state index contributed by atoms with van der Waals surface area (Å²) in [6.07, 6.45) is 7.01. The summed E-state index contributed by atoms with van der Waals surface area (Å²) in [7, 11) is 0. The maximum Gasteiger partial charge on any atom is 0.140 e. The number of nitrogen functional groups attached to an aromatic ring is 2. The fraction of sp³-hybridized carbons (Fsp3) is 0.300. The number of hydrogen-bond acceptors (Lipinski definition) is 3. The Kier molecular flexibility index (Phi) is 4.28. The van der Waals surface area contributed by atoms with Crippen molar-refractivity contribution in [2.75, 3.05) is 11.5 Å². The lowest BCUT2D eigenvalue weighted by Crippen LogP contribution is -2.11. The van der Waals surface area contributed by atoms with E-state index in [0.29, 0.717) is 17.5 Å². The number of rotatable bonds is 3. The molecule has 0 aromatic heterocycles. The molecule has 0 amide bonds. The van der Waals surface area contributed by atoms with Crippen molar-refractivity contribution in [1.29, 1.82) is 0 Å². The van der Waals surface area contributed by atoms with E-state index in [2.05, 4.69) is 36.9 Å². The van der Waals surface area contributed by atoms with Crippen molar-refractivity contribution in [3.63, 3.8) is 0 Å². The molecule has 5 N–H and O–H groups in total. The predicted octanol–water partition coefficient (Wildman–Crippen LogP) is 4.68. The van der Waals surface area contributed by atoms with Crippen LogP contribution in [0.4, 0.5) is 11.4 Å². The Balaban J connectivity index is 1.80. The Morgan fingerprint density at radius 1 is 0.913 bits per heavy atom. The van der Waals surface area contributed by atoms with Crippen molar-refractivity contribution in [2.45, 2.75) is 31.6 Å². The van der Waals surface area contributed by atoms with Crippen LogP contribution >= 0.6 is 0 Å². The van der Waals surface area contributed by atoms with E-state index in [0.717, 1.165) is 11.1 Å². The zero-order valence-corrected chi connectivity index (χ0v) is 13.3. The van der Waals surface area contributed by atoms with Crippen molar-refractivity contribution >= 4 is 11.4 Å². The summed E-state index contributed by atoms with van der Waals surface area (Å²) < 4.78 is 0. The van der Waals surface area contributed by atoms with Gasteiger partial charge >= 0.3 is 0 Å². The predicted molar refractivity (Wildman–Crippen MR) is 97.3 cm³/mol. The molecule has 3 nitrogen and oxygen atoms in total. The molecular weight excluding hydrogens is 284 g/mol. The van der Waals surface area contributed by atoms with E-state index in [-0.39, 0.29) is 11.4 Å². The lowest BCUT2D eigenvalue weighted by atomic mass is 9.78. The molecule has 1 aliphatic carbocycles. The van der Waals surface area contributed by atoms with Gasteiger partial charge in [0.05, 0.1) is 11.4 Å². The van der Waals surface area contributed by atoms with Gasteiger partial charge in [-0.2, -0.15) is 0 Å². The molecule has 1 fully saturated rings. The van der Waals surface area contributed by atoms with Gasteiger partial charge in [0.15, 0.2) is 0 Å². The molecule has 3 rings (SSSR count). The second-order valence-electron chi connectivity index (χ2n) is 6.43. The number of hydrogen-bond donors (Lipinski definition) is 3. The van der Waals surface area contributed by atoms with Crippen LogP contribution in [0.1, 0.15) is 37.2 Å². The van der Waals surface area contributed by atoms with Gasteiger partial charge in [0.2, 0.25) is 0 Å². The fourth-order valence-corrected chi connectivity index (χ4v) is 3.50. The molecule has 0 heterocycles. The van der Waals surface area contributed by atoms with Gasteiger partial charge < -0.3 is 16.6 Å². The van der Waals surface area contributed by atoms with Crippen LogP contribution in [0, 0.1) is 5.92 Å². The van der Waals surface area contributed by atoms with Crippen LogP contribution in [-0.2, 0) is 0 Å². The molecule has 2 aromatic rings. The Morgan fingerprint density at radius 3 is 2.17 bits per heavy atom. The van der Waals surface area contributed by atoms with Crippen LogP contribution in [0.25, 0.3) is 11.1 Å². The molecule has 1 saturated carbocycles. The van der Waals surface area contributed by atoms with Crippen LogP contribution in [-0.4, -0.2) is 5.11 Å². The lowest BCUT2D eigenvalue weighted by molar-refractivity contribution is 0.376. The van der Waals surface area contributed by atoms with Crippen molar-refractivity contribution in [1.82, 2.24) is 0 Å². The van der Waals surface area contributed by atoms with Crippen LogP contribution in [0.5, 0.6) is 5.75 Å². The first kappa shape index (κ1) is 15.5. The van der Waals surface area contributed by atoms with Crippen LogP contribution in [0.15, 0.2) is 49.1 Å². The van der Waals surface area contributed by atoms with Gasteiger partial charge in [0.25, 0.3) is 0 Å². The van der Waals surface area contributed by atoms with Crippen LogP contribution < -0.4 is 11.5 Å². The molecule has 1 aliphatic rings. The molecule has 2 aromatic carbocycles. The highest BCUT2D eigenvalue weighted by molar-refractivity contribution is 5.87. The molecule has 0 atom stereocenters. The first-order valence-corrected chi connectivity index (χ1v) is 8.20. The number of allylic oxidation sites excluding steroid dienone is 1. The number of aromatic hydroxyl groups is 1. The molecule has 120 valence electrons. The third-order valence-electron chi connectivity index (χ3n) is 5.06. The van der Waals surface area contributed by atoms with Crippen LogP contribution in [0.2, 0.25) is 0 Å². The topological polar surface area (TPSA) is 72.3 Å². The minimum atomic E-state index is 0.0295. The van der Waals surface area contributed by atoms with Crippen molar-refractivity contribution < 1.29 is 5.11 Å². The quantitative estimate of drug-likeness (QED) is 0.438. The molecule has 0 radical (unpaired) electrons. The summed E-state index contributed by atoms with van der Waals surface area (Å²) >= 11 is 0. The molecule has 0 spiro atoms. The lowest BCUT2D eigenvalue weighted by Gasteiger charge is -2.27. The maximum absolute atomic E-state index is 9.62. The number of benzene rings is 2. The standard InChI is InChI=1S/C20H24N2O/c1-2-13-3-5-14(6-4-13)15-7-9-16(10-8-15)17-11-12-18(23)20(22)19(17)21/h2,7-14,23H,1,3-6,21-22H2. The van der Waals surface area contributed by atoms with Gasteiger partial charge in [-0.15, -0.1) is 6.58 Å². The summed E-state index contributed by atoms with van der Waals surface area (Å²) in [5.41, 5.74) is 15.8.